The van der Waals surface area contributed by atoms with Crippen LogP contribution in [-0.2, 0) is 6.61 Å². The third-order valence-corrected chi connectivity index (χ3v) is 6.39. The van der Waals surface area contributed by atoms with E-state index in [1.165, 1.54) is 17.6 Å². The molecule has 1 N–H and O–H groups in total. The van der Waals surface area contributed by atoms with E-state index >= 15 is 0 Å². The first-order chi connectivity index (χ1) is 17.6. The zero-order chi connectivity index (χ0) is 26.9. The van der Waals surface area contributed by atoms with Crippen LogP contribution in [0.3, 0.4) is 0 Å². The fraction of sp³-hybridized carbons (Fsp3) is 0.259. The Morgan fingerprint density at radius 2 is 1.86 bits per heavy atom. The van der Waals surface area contributed by atoms with Crippen molar-refractivity contribution >= 4 is 11.6 Å². The van der Waals surface area contributed by atoms with Crippen molar-refractivity contribution in [2.24, 2.45) is 0 Å². The fourth-order valence-electron chi connectivity index (χ4n) is 3.80. The van der Waals surface area contributed by atoms with E-state index in [4.69, 9.17) is 16.3 Å². The number of aryl methyl sites for hydroxylation is 2. The van der Waals surface area contributed by atoms with Crippen LogP contribution < -0.4 is 10.3 Å². The zero-order valence-corrected chi connectivity index (χ0v) is 21.5. The van der Waals surface area contributed by atoms with E-state index in [2.05, 4.69) is 15.0 Å². The Bertz CT molecular complexity index is 1540. The summed E-state index contributed by atoms with van der Waals surface area (Å²) >= 11 is 6.34. The molecule has 0 fully saturated rings. The van der Waals surface area contributed by atoms with Crippen molar-refractivity contribution in [1.29, 1.82) is 0 Å². The number of benzene rings is 2. The fourth-order valence-corrected chi connectivity index (χ4v) is 3.98. The molecule has 0 saturated heterocycles. The minimum Gasteiger partial charge on any atom is -0.471 e. The van der Waals surface area contributed by atoms with Crippen LogP contribution in [0.5, 0.6) is 5.88 Å². The molecule has 0 spiro atoms. The third-order valence-electron chi connectivity index (χ3n) is 6.06. The minimum absolute atomic E-state index is 0.0802. The van der Waals surface area contributed by atoms with Gasteiger partial charge in [0.1, 0.15) is 29.9 Å². The summed E-state index contributed by atoms with van der Waals surface area (Å²) in [5, 5.41) is 9.18. The molecule has 10 heteroatoms. The Morgan fingerprint density at radius 1 is 1.11 bits per heavy atom. The minimum atomic E-state index is -0.727. The summed E-state index contributed by atoms with van der Waals surface area (Å²) in [5.74, 6) is -0.941. The van der Waals surface area contributed by atoms with Crippen molar-refractivity contribution in [2.75, 3.05) is 6.61 Å². The van der Waals surface area contributed by atoms with Crippen LogP contribution in [0, 0.1) is 32.4 Å². The smallest absolute Gasteiger partial charge is 0.280 e. The van der Waals surface area contributed by atoms with Crippen LogP contribution in [0.4, 0.5) is 8.78 Å². The molecule has 2 heterocycles. The predicted molar refractivity (Wildman–Crippen MR) is 136 cm³/mol. The predicted octanol–water partition coefficient (Wildman–Crippen LogP) is 5.22. The number of rotatable bonds is 7. The van der Waals surface area contributed by atoms with Gasteiger partial charge in [-0.1, -0.05) is 30.7 Å². The molecule has 0 radical (unpaired) electrons. The van der Waals surface area contributed by atoms with Crippen molar-refractivity contribution in [3.05, 3.63) is 97.9 Å². The second-order valence-corrected chi connectivity index (χ2v) is 9.12. The molecule has 0 aliphatic heterocycles. The molecule has 0 aliphatic carbocycles. The lowest BCUT2D eigenvalue weighted by Crippen LogP contribution is -2.24. The van der Waals surface area contributed by atoms with Crippen molar-refractivity contribution in [3.63, 3.8) is 0 Å². The van der Waals surface area contributed by atoms with E-state index in [1.54, 1.807) is 25.3 Å². The number of halogens is 3. The average Bonchev–Trinajstić information content (AvgIpc) is 2.90. The van der Waals surface area contributed by atoms with Crippen LogP contribution in [-0.4, -0.2) is 31.2 Å². The van der Waals surface area contributed by atoms with Gasteiger partial charge in [0.25, 0.3) is 5.56 Å². The summed E-state index contributed by atoms with van der Waals surface area (Å²) in [6, 6.07) is 9.70. The first-order valence-electron chi connectivity index (χ1n) is 11.5. The van der Waals surface area contributed by atoms with E-state index in [0.29, 0.717) is 23.0 Å². The lowest BCUT2D eigenvalue weighted by Gasteiger charge is -2.16. The number of aromatic nitrogens is 4. The van der Waals surface area contributed by atoms with Gasteiger partial charge < -0.3 is 9.84 Å². The monoisotopic (exact) mass is 526 g/mol. The molecule has 0 bridgehead atoms. The highest BCUT2D eigenvalue weighted by Crippen LogP contribution is 2.27. The summed E-state index contributed by atoms with van der Waals surface area (Å²) in [6.45, 7) is 6.28. The highest BCUT2D eigenvalue weighted by molar-refractivity contribution is 6.31. The molecule has 7 nitrogen and oxygen atoms in total. The molecule has 2 aromatic carbocycles. The third kappa shape index (κ3) is 5.23. The second kappa shape index (κ2) is 10.7. The summed E-state index contributed by atoms with van der Waals surface area (Å²) in [7, 11) is 0. The lowest BCUT2D eigenvalue weighted by atomic mass is 10.1. The van der Waals surface area contributed by atoms with Gasteiger partial charge in [0, 0.05) is 28.8 Å². The molecule has 0 saturated carbocycles. The number of hydrogen-bond acceptors (Lipinski definition) is 6. The number of aliphatic hydroxyl groups is 1. The summed E-state index contributed by atoms with van der Waals surface area (Å²) in [4.78, 5) is 26.4. The van der Waals surface area contributed by atoms with E-state index in [-0.39, 0.29) is 41.2 Å². The average molecular weight is 527 g/mol. The highest BCUT2D eigenvalue weighted by atomic mass is 35.5. The SMILES string of the molecule is Cc1ccc(-c2ccnc(C(C)CO)n2)cc1-n1c(C)nc(OCc2ccc(F)c(C)c2F)c(Cl)c1=O. The summed E-state index contributed by atoms with van der Waals surface area (Å²) in [6.07, 6.45) is 1.62. The highest BCUT2D eigenvalue weighted by Gasteiger charge is 2.19. The van der Waals surface area contributed by atoms with Gasteiger partial charge in [0.05, 0.1) is 18.0 Å². The lowest BCUT2D eigenvalue weighted by molar-refractivity contribution is 0.269. The van der Waals surface area contributed by atoms with E-state index < -0.39 is 17.2 Å². The summed E-state index contributed by atoms with van der Waals surface area (Å²) < 4.78 is 34.9. The normalized spacial score (nSPS) is 12.0. The van der Waals surface area contributed by atoms with Crippen LogP contribution in [0.1, 0.15) is 41.2 Å². The van der Waals surface area contributed by atoms with Gasteiger partial charge in [0.2, 0.25) is 5.88 Å². The van der Waals surface area contributed by atoms with Gasteiger partial charge in [-0.3, -0.25) is 9.36 Å². The van der Waals surface area contributed by atoms with Crippen molar-refractivity contribution in [2.45, 2.75) is 40.2 Å². The topological polar surface area (TPSA) is 90.1 Å². The molecule has 0 amide bonds. The maximum atomic E-state index is 14.4. The Morgan fingerprint density at radius 3 is 2.59 bits per heavy atom. The molecule has 0 aliphatic rings. The quantitative estimate of drug-likeness (QED) is 0.355. The molecule has 37 heavy (non-hydrogen) atoms. The zero-order valence-electron chi connectivity index (χ0n) is 20.7. The van der Waals surface area contributed by atoms with Crippen LogP contribution >= 0.6 is 11.6 Å². The molecule has 1 atom stereocenters. The summed E-state index contributed by atoms with van der Waals surface area (Å²) in [5.41, 5.74) is 2.15. The van der Waals surface area contributed by atoms with Gasteiger partial charge in [0.15, 0.2) is 5.02 Å². The first-order valence-corrected chi connectivity index (χ1v) is 11.9. The van der Waals surface area contributed by atoms with E-state index in [0.717, 1.165) is 17.2 Å². The van der Waals surface area contributed by atoms with E-state index in [9.17, 15) is 18.7 Å². The van der Waals surface area contributed by atoms with Gasteiger partial charge in [-0.15, -0.1) is 0 Å². The number of nitrogens with zero attached hydrogens (tertiary/aromatic N) is 4. The maximum Gasteiger partial charge on any atom is 0.280 e. The molecule has 4 rings (SSSR count). The number of aliphatic hydroxyl groups excluding tert-OH is 1. The van der Waals surface area contributed by atoms with Gasteiger partial charge in [-0.25, -0.2) is 18.7 Å². The molecule has 1 unspecified atom stereocenters. The second-order valence-electron chi connectivity index (χ2n) is 8.74. The van der Waals surface area contributed by atoms with Gasteiger partial charge in [-0.05, 0) is 50.6 Å². The molecule has 192 valence electrons. The van der Waals surface area contributed by atoms with Crippen LogP contribution in [0.25, 0.3) is 16.9 Å². The van der Waals surface area contributed by atoms with Crippen molar-refractivity contribution < 1.29 is 18.6 Å². The Balaban J connectivity index is 1.71. The van der Waals surface area contributed by atoms with Crippen molar-refractivity contribution in [1.82, 2.24) is 19.5 Å². The molecule has 4 aromatic rings. The maximum absolute atomic E-state index is 14.4. The standard InChI is InChI=1S/C27H25ClF2N4O3/c1-14-5-6-18(21-9-10-31-25(33-21)15(2)12-35)11-22(14)34-17(4)32-26(23(28)27(34)36)37-13-19-7-8-20(29)16(3)24(19)30/h5-11,15,35H,12-13H2,1-4H3. The van der Waals surface area contributed by atoms with E-state index in [1.807, 2.05) is 26.0 Å². The van der Waals surface area contributed by atoms with Gasteiger partial charge >= 0.3 is 0 Å². The van der Waals surface area contributed by atoms with Crippen LogP contribution in [0.15, 0.2) is 47.4 Å². The molecular formula is C27H25ClF2N4O3. The first kappa shape index (κ1) is 26.4. The number of ether oxygens (including phenoxy) is 1. The van der Waals surface area contributed by atoms with Crippen LogP contribution in [0.2, 0.25) is 5.02 Å². The van der Waals surface area contributed by atoms with Crippen molar-refractivity contribution in [3.8, 4) is 22.8 Å². The van der Waals surface area contributed by atoms with Gasteiger partial charge in [-0.2, -0.15) is 4.98 Å². The Labute approximate surface area is 217 Å². The Hall–Kier alpha value is -3.69. The molecule has 2 aromatic heterocycles. The number of hydrogen-bond donors (Lipinski definition) is 1. The Kier molecular flexibility index (Phi) is 7.65. The largest absolute Gasteiger partial charge is 0.471 e. The molecular weight excluding hydrogens is 502 g/mol.